The molecule has 1 heterocycles. The summed E-state index contributed by atoms with van der Waals surface area (Å²) in [6.45, 7) is 4.33. The minimum absolute atomic E-state index is 0. The molecule has 1 aliphatic rings. The summed E-state index contributed by atoms with van der Waals surface area (Å²) in [5.41, 5.74) is -0.837. The first-order valence-electron chi connectivity index (χ1n) is 3.48. The molecule has 0 bridgehead atoms. The van der Waals surface area contributed by atoms with Crippen molar-refractivity contribution >= 4 is 0 Å². The van der Waals surface area contributed by atoms with Crippen molar-refractivity contribution in [1.29, 1.82) is 0 Å². The maximum atomic E-state index is 11.2. The minimum Gasteiger partial charge on any atom is -0.851 e. The predicted octanol–water partition coefficient (Wildman–Crippen LogP) is -5.33. The van der Waals surface area contributed by atoms with Gasteiger partial charge in [0.05, 0.1) is 0 Å². The second-order valence-electron chi connectivity index (χ2n) is 3.17. The Morgan fingerprint density at radius 3 is 2.09 bits per heavy atom. The molecule has 0 spiro atoms. The van der Waals surface area contributed by atoms with Gasteiger partial charge in [0.1, 0.15) is 0 Å². The van der Waals surface area contributed by atoms with Gasteiger partial charge >= 0.3 is 37.7 Å². The molecule has 11 heavy (non-hydrogen) atoms. The monoisotopic (exact) mass is 141 g/mol. The zero-order valence-electron chi connectivity index (χ0n) is 8.05. The molecule has 0 aromatic carbocycles. The van der Waals surface area contributed by atoms with Gasteiger partial charge in [0, 0.05) is 0 Å². The van der Waals surface area contributed by atoms with E-state index < -0.39 is 5.60 Å². The van der Waals surface area contributed by atoms with E-state index in [-0.39, 0.29) is 43.8 Å². The Kier molecular flexibility index (Phi) is 7.59. The third kappa shape index (κ3) is 4.63. The fourth-order valence-electron chi connectivity index (χ4n) is 1.19. The molecule has 1 aliphatic heterocycles. The van der Waals surface area contributed by atoms with E-state index in [1.165, 1.54) is 0 Å². The van der Waals surface area contributed by atoms with Crippen LogP contribution in [0, 0.1) is 0 Å². The van der Waals surface area contributed by atoms with E-state index in [9.17, 15) is 5.11 Å². The average molecular weight is 141 g/mol. The molecule has 0 aliphatic carbocycles. The SMILES string of the molecule is CC(C)([O-])[C@@H]1CCC[N-]1.[Li+].[Li+]. The van der Waals surface area contributed by atoms with Crippen molar-refractivity contribution in [3.63, 3.8) is 0 Å². The fourth-order valence-corrected chi connectivity index (χ4v) is 1.19. The maximum absolute atomic E-state index is 11.2. The summed E-state index contributed by atoms with van der Waals surface area (Å²) in [5.74, 6) is 0. The Bertz CT molecular complexity index is 97.1. The van der Waals surface area contributed by atoms with Crippen LogP contribution in [0.1, 0.15) is 26.7 Å². The molecule has 0 amide bonds. The topological polar surface area (TPSA) is 37.2 Å². The molecule has 0 aromatic heterocycles. The molecule has 0 unspecified atom stereocenters. The molecule has 1 rings (SSSR count). The van der Waals surface area contributed by atoms with Crippen molar-refractivity contribution in [2.45, 2.75) is 38.3 Å². The van der Waals surface area contributed by atoms with Gasteiger partial charge in [-0.15, -0.1) is 18.2 Å². The Morgan fingerprint density at radius 2 is 1.91 bits per heavy atom. The second kappa shape index (κ2) is 5.71. The second-order valence-corrected chi connectivity index (χ2v) is 3.17. The molecule has 0 saturated carbocycles. The summed E-state index contributed by atoms with van der Waals surface area (Å²) >= 11 is 0. The first-order chi connectivity index (χ1) is 4.11. The van der Waals surface area contributed by atoms with Crippen LogP contribution >= 0.6 is 0 Å². The average Bonchev–Trinajstić information content (AvgIpc) is 2.08. The van der Waals surface area contributed by atoms with E-state index >= 15 is 0 Å². The first-order valence-corrected chi connectivity index (χ1v) is 3.48. The van der Waals surface area contributed by atoms with Crippen molar-refractivity contribution in [1.82, 2.24) is 0 Å². The molecule has 1 atom stereocenters. The van der Waals surface area contributed by atoms with E-state index in [4.69, 9.17) is 0 Å². The van der Waals surface area contributed by atoms with E-state index in [2.05, 4.69) is 5.32 Å². The smallest absolute Gasteiger partial charge is 0.851 e. The van der Waals surface area contributed by atoms with E-state index in [1.807, 2.05) is 0 Å². The molecule has 1 fully saturated rings. The Balaban J connectivity index is 0. The van der Waals surface area contributed by atoms with Gasteiger partial charge in [-0.3, -0.25) is 0 Å². The van der Waals surface area contributed by atoms with Gasteiger partial charge in [-0.1, -0.05) is 26.7 Å². The Labute approximate surface area is 92.9 Å². The number of hydrogen-bond acceptors (Lipinski definition) is 1. The van der Waals surface area contributed by atoms with Crippen LogP contribution in [0.5, 0.6) is 0 Å². The summed E-state index contributed by atoms with van der Waals surface area (Å²) in [4.78, 5) is 0. The molecular formula is C7H13Li2NO. The van der Waals surface area contributed by atoms with Crippen molar-refractivity contribution in [2.75, 3.05) is 6.54 Å². The van der Waals surface area contributed by atoms with Gasteiger partial charge in [-0.2, -0.15) is 0 Å². The van der Waals surface area contributed by atoms with Crippen LogP contribution < -0.4 is 42.8 Å². The summed E-state index contributed by atoms with van der Waals surface area (Å²) < 4.78 is 0. The van der Waals surface area contributed by atoms with Crippen LogP contribution in [0.15, 0.2) is 0 Å². The zero-order valence-corrected chi connectivity index (χ0v) is 8.05. The number of rotatable bonds is 1. The summed E-state index contributed by atoms with van der Waals surface area (Å²) in [6, 6.07) is 0.0810. The van der Waals surface area contributed by atoms with Crippen LogP contribution in [-0.2, 0) is 0 Å². The molecule has 1 saturated heterocycles. The zero-order chi connectivity index (χ0) is 6.91. The standard InChI is InChI=1S/C7H13NO.2Li/c1-7(2,9)6-4-3-5-8-6;;/h6H,3-5H2,1-2H3;;/q-2;2*+1/t6-;;/m0../s1. The maximum Gasteiger partial charge on any atom is 1.00 e. The van der Waals surface area contributed by atoms with Crippen LogP contribution in [0.2, 0.25) is 0 Å². The molecule has 4 heteroatoms. The van der Waals surface area contributed by atoms with Crippen molar-refractivity contribution < 1.29 is 42.8 Å². The third-order valence-corrected chi connectivity index (χ3v) is 1.79. The minimum atomic E-state index is -0.837. The number of nitrogens with zero attached hydrogens (tertiary/aromatic N) is 1. The quantitative estimate of drug-likeness (QED) is 0.336. The fraction of sp³-hybridized carbons (Fsp3) is 1.00. The van der Waals surface area contributed by atoms with Crippen LogP contribution in [-0.4, -0.2) is 18.2 Å². The van der Waals surface area contributed by atoms with Crippen LogP contribution in [0.4, 0.5) is 0 Å². The van der Waals surface area contributed by atoms with Crippen LogP contribution in [0.3, 0.4) is 0 Å². The normalized spacial score (nSPS) is 23.7. The van der Waals surface area contributed by atoms with E-state index in [1.54, 1.807) is 13.8 Å². The largest absolute Gasteiger partial charge is 1.00 e. The first kappa shape index (κ1) is 14.6. The molecule has 0 N–H and O–H groups in total. The molecular weight excluding hydrogens is 128 g/mol. The van der Waals surface area contributed by atoms with Crippen molar-refractivity contribution in [2.24, 2.45) is 0 Å². The van der Waals surface area contributed by atoms with Crippen molar-refractivity contribution in [3.8, 4) is 0 Å². The predicted molar refractivity (Wildman–Crippen MR) is 35.3 cm³/mol. The molecule has 0 radical (unpaired) electrons. The summed E-state index contributed by atoms with van der Waals surface area (Å²) in [6.07, 6.45) is 2.10. The Morgan fingerprint density at radius 1 is 1.36 bits per heavy atom. The Hall–Kier alpha value is 1.11. The van der Waals surface area contributed by atoms with Gasteiger partial charge in [-0.25, -0.2) is 0 Å². The van der Waals surface area contributed by atoms with Gasteiger partial charge < -0.3 is 10.4 Å². The van der Waals surface area contributed by atoms with E-state index in [0.29, 0.717) is 0 Å². The number of hydrogen-bond donors (Lipinski definition) is 0. The third-order valence-electron chi connectivity index (χ3n) is 1.79. The molecule has 0 aromatic rings. The molecule has 2 nitrogen and oxygen atoms in total. The summed E-state index contributed by atoms with van der Waals surface area (Å²) in [7, 11) is 0. The summed E-state index contributed by atoms with van der Waals surface area (Å²) in [5, 5.41) is 15.4. The van der Waals surface area contributed by atoms with Gasteiger partial charge in [0.2, 0.25) is 0 Å². The molecule has 54 valence electrons. The van der Waals surface area contributed by atoms with E-state index in [0.717, 1.165) is 19.4 Å². The van der Waals surface area contributed by atoms with Gasteiger partial charge in [0.15, 0.2) is 0 Å². The van der Waals surface area contributed by atoms with Crippen LogP contribution in [0.25, 0.3) is 5.32 Å². The van der Waals surface area contributed by atoms with Gasteiger partial charge in [-0.05, 0) is 0 Å². The van der Waals surface area contributed by atoms with Crippen molar-refractivity contribution in [3.05, 3.63) is 5.32 Å². The van der Waals surface area contributed by atoms with Gasteiger partial charge in [0.25, 0.3) is 0 Å².